The van der Waals surface area contributed by atoms with Crippen molar-refractivity contribution in [3.8, 4) is 0 Å². The highest BCUT2D eigenvalue weighted by molar-refractivity contribution is 9.09. The smallest absolute Gasteiger partial charge is 0.214 e. The van der Waals surface area contributed by atoms with E-state index < -0.39 is 6.29 Å². The molecule has 0 saturated heterocycles. The standard InChI is InChI=1S/C6H11BrO3/c1-5(3-7)10-6(4-8)9-2/h4-6H,3H2,1-2H3/t5?,6-/m1/s1. The molecule has 4 heteroatoms. The van der Waals surface area contributed by atoms with Gasteiger partial charge in [-0.1, -0.05) is 15.9 Å². The lowest BCUT2D eigenvalue weighted by atomic mass is 10.5. The molecule has 0 N–H and O–H groups in total. The van der Waals surface area contributed by atoms with Crippen LogP contribution in [0.5, 0.6) is 0 Å². The summed E-state index contributed by atoms with van der Waals surface area (Å²) in [5.41, 5.74) is 0. The Labute approximate surface area is 68.8 Å². The molecule has 0 heterocycles. The van der Waals surface area contributed by atoms with Crippen LogP contribution in [0, 0.1) is 0 Å². The molecular formula is C6H11BrO3. The van der Waals surface area contributed by atoms with Crippen molar-refractivity contribution in [1.29, 1.82) is 0 Å². The highest BCUT2D eigenvalue weighted by Crippen LogP contribution is 1.99. The fourth-order valence-electron chi connectivity index (χ4n) is 0.409. The molecule has 10 heavy (non-hydrogen) atoms. The van der Waals surface area contributed by atoms with Crippen molar-refractivity contribution in [3.05, 3.63) is 0 Å². The van der Waals surface area contributed by atoms with Gasteiger partial charge in [0.1, 0.15) is 0 Å². The number of halogens is 1. The third-order valence-electron chi connectivity index (χ3n) is 0.927. The third kappa shape index (κ3) is 3.98. The zero-order valence-corrected chi connectivity index (χ0v) is 7.63. The summed E-state index contributed by atoms with van der Waals surface area (Å²) in [6.45, 7) is 1.85. The molecule has 0 amide bonds. The Bertz CT molecular complexity index is 97.0. The van der Waals surface area contributed by atoms with Gasteiger partial charge in [-0.2, -0.15) is 0 Å². The Morgan fingerprint density at radius 3 is 2.60 bits per heavy atom. The lowest BCUT2D eigenvalue weighted by molar-refractivity contribution is -0.158. The molecule has 60 valence electrons. The van der Waals surface area contributed by atoms with Crippen LogP contribution in [0.25, 0.3) is 0 Å². The Morgan fingerprint density at radius 1 is 1.70 bits per heavy atom. The molecule has 2 atom stereocenters. The maximum absolute atomic E-state index is 10.1. The van der Waals surface area contributed by atoms with Crippen LogP contribution in [0.4, 0.5) is 0 Å². The van der Waals surface area contributed by atoms with Crippen molar-refractivity contribution in [1.82, 2.24) is 0 Å². The Balaban J connectivity index is 3.51. The largest absolute Gasteiger partial charge is 0.350 e. The van der Waals surface area contributed by atoms with E-state index in [1.807, 2.05) is 6.92 Å². The van der Waals surface area contributed by atoms with E-state index in [0.29, 0.717) is 11.6 Å². The number of rotatable bonds is 5. The van der Waals surface area contributed by atoms with Crippen LogP contribution in [0.15, 0.2) is 0 Å². The Kier molecular flexibility index (Phi) is 5.87. The first-order valence-electron chi connectivity index (χ1n) is 2.94. The van der Waals surface area contributed by atoms with Gasteiger partial charge in [-0.25, -0.2) is 0 Å². The van der Waals surface area contributed by atoms with E-state index in [-0.39, 0.29) is 6.10 Å². The average molecular weight is 211 g/mol. The minimum atomic E-state index is -0.729. The number of hydrogen-bond acceptors (Lipinski definition) is 3. The monoisotopic (exact) mass is 210 g/mol. The minimum Gasteiger partial charge on any atom is -0.350 e. The van der Waals surface area contributed by atoms with Gasteiger partial charge in [-0.15, -0.1) is 0 Å². The van der Waals surface area contributed by atoms with Crippen molar-refractivity contribution < 1.29 is 14.3 Å². The predicted octanol–water partition coefficient (Wildman–Crippen LogP) is 0.958. The number of ether oxygens (including phenoxy) is 2. The first kappa shape index (κ1) is 10.1. The number of aldehydes is 1. The summed E-state index contributed by atoms with van der Waals surface area (Å²) in [4.78, 5) is 10.1. The zero-order valence-electron chi connectivity index (χ0n) is 6.04. The molecule has 0 aliphatic rings. The summed E-state index contributed by atoms with van der Waals surface area (Å²) in [6, 6.07) is 0. The van der Waals surface area contributed by atoms with Gasteiger partial charge in [0, 0.05) is 12.4 Å². The second kappa shape index (κ2) is 5.82. The zero-order chi connectivity index (χ0) is 7.98. The van der Waals surface area contributed by atoms with E-state index in [4.69, 9.17) is 4.74 Å². The Hall–Kier alpha value is 0.0700. The summed E-state index contributed by atoms with van der Waals surface area (Å²) in [5.74, 6) is 0. The lowest BCUT2D eigenvalue weighted by Crippen LogP contribution is -2.23. The first-order valence-corrected chi connectivity index (χ1v) is 4.06. The van der Waals surface area contributed by atoms with E-state index in [1.54, 1.807) is 0 Å². The molecule has 0 fully saturated rings. The maximum atomic E-state index is 10.1. The van der Waals surface area contributed by atoms with Crippen LogP contribution in [0.3, 0.4) is 0 Å². The fourth-order valence-corrected chi connectivity index (χ4v) is 0.561. The van der Waals surface area contributed by atoms with Crippen LogP contribution in [0.2, 0.25) is 0 Å². The molecular weight excluding hydrogens is 200 g/mol. The van der Waals surface area contributed by atoms with Crippen molar-refractivity contribution in [2.75, 3.05) is 12.4 Å². The van der Waals surface area contributed by atoms with Gasteiger partial charge < -0.3 is 9.47 Å². The van der Waals surface area contributed by atoms with Crippen LogP contribution >= 0.6 is 15.9 Å². The van der Waals surface area contributed by atoms with Crippen LogP contribution < -0.4 is 0 Å². The number of carbonyl (C=O) groups is 1. The molecule has 0 rings (SSSR count). The number of carbonyl (C=O) groups excluding carboxylic acids is 1. The van der Waals surface area contributed by atoms with Gasteiger partial charge in [0.15, 0.2) is 6.29 Å². The van der Waals surface area contributed by atoms with Gasteiger partial charge in [0.05, 0.1) is 6.10 Å². The fraction of sp³-hybridized carbons (Fsp3) is 0.833. The van der Waals surface area contributed by atoms with E-state index in [2.05, 4.69) is 20.7 Å². The quantitative estimate of drug-likeness (QED) is 0.386. The van der Waals surface area contributed by atoms with E-state index in [1.165, 1.54) is 7.11 Å². The molecule has 0 saturated carbocycles. The molecule has 0 aromatic rings. The molecule has 0 aromatic carbocycles. The molecule has 0 radical (unpaired) electrons. The molecule has 0 spiro atoms. The predicted molar refractivity (Wildman–Crippen MR) is 41.2 cm³/mol. The minimum absolute atomic E-state index is 0.00449. The Morgan fingerprint density at radius 2 is 2.30 bits per heavy atom. The van der Waals surface area contributed by atoms with Gasteiger partial charge >= 0.3 is 0 Å². The first-order chi connectivity index (χ1) is 4.74. The number of alkyl halides is 1. The third-order valence-corrected chi connectivity index (χ3v) is 1.84. The van der Waals surface area contributed by atoms with Gasteiger partial charge in [-0.3, -0.25) is 4.79 Å². The molecule has 0 aliphatic heterocycles. The summed E-state index contributed by atoms with van der Waals surface area (Å²) in [5, 5.41) is 0.695. The molecule has 1 unspecified atom stereocenters. The van der Waals surface area contributed by atoms with Crippen molar-refractivity contribution >= 4 is 22.2 Å². The normalized spacial score (nSPS) is 16.3. The van der Waals surface area contributed by atoms with Gasteiger partial charge in [-0.05, 0) is 6.92 Å². The summed E-state index contributed by atoms with van der Waals surface area (Å²) in [7, 11) is 1.43. The lowest BCUT2D eigenvalue weighted by Gasteiger charge is -2.13. The molecule has 0 bridgehead atoms. The van der Waals surface area contributed by atoms with Crippen LogP contribution in [-0.4, -0.2) is 31.1 Å². The highest BCUT2D eigenvalue weighted by atomic mass is 79.9. The highest BCUT2D eigenvalue weighted by Gasteiger charge is 2.08. The molecule has 0 aromatic heterocycles. The van der Waals surface area contributed by atoms with E-state index in [9.17, 15) is 4.79 Å². The number of methoxy groups -OCH3 is 1. The maximum Gasteiger partial charge on any atom is 0.214 e. The summed E-state index contributed by atoms with van der Waals surface area (Å²) < 4.78 is 9.72. The van der Waals surface area contributed by atoms with Crippen molar-refractivity contribution in [2.45, 2.75) is 19.3 Å². The van der Waals surface area contributed by atoms with Crippen molar-refractivity contribution in [3.63, 3.8) is 0 Å². The number of hydrogen-bond donors (Lipinski definition) is 0. The van der Waals surface area contributed by atoms with E-state index in [0.717, 1.165) is 0 Å². The second-order valence-electron chi connectivity index (χ2n) is 1.84. The van der Waals surface area contributed by atoms with Crippen LogP contribution in [-0.2, 0) is 14.3 Å². The topological polar surface area (TPSA) is 35.5 Å². The van der Waals surface area contributed by atoms with Crippen LogP contribution in [0.1, 0.15) is 6.92 Å². The molecule has 0 aliphatic carbocycles. The molecule has 3 nitrogen and oxygen atoms in total. The second-order valence-corrected chi connectivity index (χ2v) is 2.49. The average Bonchev–Trinajstić information content (AvgIpc) is 1.99. The van der Waals surface area contributed by atoms with Gasteiger partial charge in [0.25, 0.3) is 0 Å². The summed E-state index contributed by atoms with van der Waals surface area (Å²) in [6.07, 6.45) is -0.109. The SMILES string of the molecule is CO[C@@H](C=O)OC(C)CBr. The van der Waals surface area contributed by atoms with Crippen molar-refractivity contribution in [2.24, 2.45) is 0 Å². The van der Waals surface area contributed by atoms with E-state index >= 15 is 0 Å². The van der Waals surface area contributed by atoms with Gasteiger partial charge in [0.2, 0.25) is 6.29 Å². The summed E-state index contributed by atoms with van der Waals surface area (Å²) >= 11 is 3.21.